The SMILES string of the molecule is CCCCOS(=O)(=O)C1CCCc2ccccc21.[Na]. The van der Waals surface area contributed by atoms with Gasteiger partial charge in [0.15, 0.2) is 0 Å². The first-order chi connectivity index (χ1) is 8.65. The van der Waals surface area contributed by atoms with E-state index in [1.165, 1.54) is 0 Å². The predicted octanol–water partition coefficient (Wildman–Crippen LogP) is 2.83. The van der Waals surface area contributed by atoms with Crippen LogP contribution in [0.5, 0.6) is 0 Å². The van der Waals surface area contributed by atoms with Crippen LogP contribution in [0.15, 0.2) is 24.3 Å². The molecular weight excluding hydrogens is 271 g/mol. The first-order valence-corrected chi connectivity index (χ1v) is 8.08. The molecule has 1 aromatic rings. The standard InChI is InChI=1S/C14H20O3S.Na/c1-2-3-11-17-18(15,16)14-10-6-8-12-7-4-5-9-13(12)14;/h4-5,7,9,14H,2-3,6,8,10-11H2,1H3;. The van der Waals surface area contributed by atoms with Gasteiger partial charge in [0.1, 0.15) is 5.25 Å². The minimum Gasteiger partial charge on any atom is -0.270 e. The molecular formula is C14H20NaO3S. The molecule has 1 aromatic carbocycles. The van der Waals surface area contributed by atoms with Gasteiger partial charge in [-0.15, -0.1) is 0 Å². The van der Waals surface area contributed by atoms with E-state index in [9.17, 15) is 8.42 Å². The first kappa shape index (κ1) is 17.2. The predicted molar refractivity (Wildman–Crippen MR) is 77.7 cm³/mol. The summed E-state index contributed by atoms with van der Waals surface area (Å²) in [6, 6.07) is 7.80. The fourth-order valence-electron chi connectivity index (χ4n) is 2.41. The van der Waals surface area contributed by atoms with Crippen molar-refractivity contribution < 1.29 is 12.6 Å². The van der Waals surface area contributed by atoms with Crippen LogP contribution >= 0.6 is 0 Å². The molecule has 19 heavy (non-hydrogen) atoms. The molecule has 1 aliphatic rings. The van der Waals surface area contributed by atoms with E-state index in [-0.39, 0.29) is 29.6 Å². The average molecular weight is 291 g/mol. The summed E-state index contributed by atoms with van der Waals surface area (Å²) in [4.78, 5) is 0. The summed E-state index contributed by atoms with van der Waals surface area (Å²) >= 11 is 0. The van der Waals surface area contributed by atoms with Crippen LogP contribution in [-0.2, 0) is 20.7 Å². The summed E-state index contributed by atoms with van der Waals surface area (Å²) < 4.78 is 29.5. The van der Waals surface area contributed by atoms with E-state index < -0.39 is 15.4 Å². The Morgan fingerprint density at radius 1 is 1.32 bits per heavy atom. The molecule has 0 heterocycles. The van der Waals surface area contributed by atoms with Gasteiger partial charge in [0.05, 0.1) is 6.61 Å². The molecule has 0 spiro atoms. The van der Waals surface area contributed by atoms with Crippen molar-refractivity contribution >= 4 is 39.7 Å². The topological polar surface area (TPSA) is 43.4 Å². The number of benzene rings is 1. The molecule has 0 saturated carbocycles. The van der Waals surface area contributed by atoms with E-state index in [0.717, 1.165) is 36.8 Å². The largest absolute Gasteiger partial charge is 0.274 e. The molecule has 0 amide bonds. The van der Waals surface area contributed by atoms with Crippen molar-refractivity contribution in [1.29, 1.82) is 0 Å². The van der Waals surface area contributed by atoms with E-state index in [4.69, 9.17) is 4.18 Å². The smallest absolute Gasteiger partial charge is 0.270 e. The molecule has 3 nitrogen and oxygen atoms in total. The maximum atomic E-state index is 12.2. The Morgan fingerprint density at radius 3 is 2.79 bits per heavy atom. The molecule has 1 aliphatic carbocycles. The number of hydrogen-bond acceptors (Lipinski definition) is 3. The van der Waals surface area contributed by atoms with Gasteiger partial charge < -0.3 is 0 Å². The fraction of sp³-hybridized carbons (Fsp3) is 0.571. The Morgan fingerprint density at radius 2 is 2.05 bits per heavy atom. The van der Waals surface area contributed by atoms with E-state index in [1.54, 1.807) is 0 Å². The number of unbranched alkanes of at least 4 members (excludes halogenated alkanes) is 1. The maximum absolute atomic E-state index is 12.2. The molecule has 0 aliphatic heterocycles. The molecule has 0 aromatic heterocycles. The van der Waals surface area contributed by atoms with Crippen LogP contribution in [-0.4, -0.2) is 44.6 Å². The zero-order chi connectivity index (χ0) is 13.0. The summed E-state index contributed by atoms with van der Waals surface area (Å²) in [5.41, 5.74) is 2.08. The van der Waals surface area contributed by atoms with Crippen molar-refractivity contribution in [2.24, 2.45) is 0 Å². The van der Waals surface area contributed by atoms with E-state index in [0.29, 0.717) is 13.0 Å². The van der Waals surface area contributed by atoms with Gasteiger partial charge in [0, 0.05) is 29.6 Å². The Bertz CT molecular complexity index is 499. The minimum atomic E-state index is -3.47. The van der Waals surface area contributed by atoms with Crippen LogP contribution in [0.4, 0.5) is 0 Å². The molecule has 2 rings (SSSR count). The quantitative estimate of drug-likeness (QED) is 0.476. The Balaban J connectivity index is 0.00000180. The molecule has 1 radical (unpaired) electrons. The molecule has 1 atom stereocenters. The fourth-order valence-corrected chi connectivity index (χ4v) is 3.92. The van der Waals surface area contributed by atoms with Gasteiger partial charge in [-0.3, -0.25) is 4.18 Å². The number of fused-ring (bicyclic) bond motifs is 1. The van der Waals surface area contributed by atoms with Crippen molar-refractivity contribution in [2.75, 3.05) is 6.61 Å². The Labute approximate surface area is 138 Å². The number of rotatable bonds is 5. The molecule has 0 saturated heterocycles. The molecule has 5 heteroatoms. The second-order valence-corrected chi connectivity index (χ2v) is 6.54. The average Bonchev–Trinajstić information content (AvgIpc) is 2.38. The summed E-state index contributed by atoms with van der Waals surface area (Å²) in [5, 5.41) is -0.473. The van der Waals surface area contributed by atoms with Crippen molar-refractivity contribution in [2.45, 2.75) is 44.3 Å². The normalized spacial score (nSPS) is 18.5. The van der Waals surface area contributed by atoms with Crippen molar-refractivity contribution in [3.63, 3.8) is 0 Å². The number of aryl methyl sites for hydroxylation is 1. The summed E-state index contributed by atoms with van der Waals surface area (Å²) in [5.74, 6) is 0. The molecule has 1 unspecified atom stereocenters. The van der Waals surface area contributed by atoms with Crippen LogP contribution in [0.2, 0.25) is 0 Å². The molecule has 0 N–H and O–H groups in total. The monoisotopic (exact) mass is 291 g/mol. The third-order valence-corrected chi connectivity index (χ3v) is 5.09. The van der Waals surface area contributed by atoms with Gasteiger partial charge in [-0.05, 0) is 36.8 Å². The van der Waals surface area contributed by atoms with Crippen LogP contribution in [0.3, 0.4) is 0 Å². The van der Waals surface area contributed by atoms with Crippen LogP contribution in [0.1, 0.15) is 49.0 Å². The zero-order valence-electron chi connectivity index (χ0n) is 11.8. The van der Waals surface area contributed by atoms with Crippen molar-refractivity contribution in [1.82, 2.24) is 0 Å². The Hall–Kier alpha value is 0.130. The third kappa shape index (κ3) is 4.30. The second kappa shape index (κ2) is 7.79. The maximum Gasteiger partial charge on any atom is 0.274 e. The Kier molecular flexibility index (Phi) is 7.05. The minimum absolute atomic E-state index is 0. The summed E-state index contributed by atoms with van der Waals surface area (Å²) in [6.45, 7) is 2.32. The third-order valence-electron chi connectivity index (χ3n) is 3.41. The van der Waals surface area contributed by atoms with E-state index >= 15 is 0 Å². The van der Waals surface area contributed by atoms with Crippen molar-refractivity contribution in [3.05, 3.63) is 35.4 Å². The van der Waals surface area contributed by atoms with E-state index in [1.807, 2.05) is 31.2 Å². The van der Waals surface area contributed by atoms with Gasteiger partial charge in [-0.25, -0.2) is 0 Å². The van der Waals surface area contributed by atoms with Gasteiger partial charge >= 0.3 is 0 Å². The first-order valence-electron chi connectivity index (χ1n) is 6.61. The van der Waals surface area contributed by atoms with E-state index in [2.05, 4.69) is 0 Å². The second-order valence-electron chi connectivity index (χ2n) is 4.75. The van der Waals surface area contributed by atoms with Crippen LogP contribution < -0.4 is 0 Å². The number of hydrogen-bond donors (Lipinski definition) is 0. The molecule has 101 valence electrons. The molecule has 0 bridgehead atoms. The van der Waals surface area contributed by atoms with Gasteiger partial charge in [-0.2, -0.15) is 8.42 Å². The van der Waals surface area contributed by atoms with Crippen LogP contribution in [0.25, 0.3) is 0 Å². The molecule has 0 fully saturated rings. The van der Waals surface area contributed by atoms with Gasteiger partial charge in [-0.1, -0.05) is 37.6 Å². The summed E-state index contributed by atoms with van der Waals surface area (Å²) in [6.07, 6.45) is 4.28. The summed E-state index contributed by atoms with van der Waals surface area (Å²) in [7, 11) is -3.47. The van der Waals surface area contributed by atoms with Gasteiger partial charge in [0.25, 0.3) is 10.1 Å². The van der Waals surface area contributed by atoms with Crippen molar-refractivity contribution in [3.8, 4) is 0 Å². The van der Waals surface area contributed by atoms with Gasteiger partial charge in [0.2, 0.25) is 0 Å². The van der Waals surface area contributed by atoms with Crippen LogP contribution in [0, 0.1) is 0 Å². The zero-order valence-corrected chi connectivity index (χ0v) is 14.6.